The molecule has 0 unspecified atom stereocenters. The van der Waals surface area contributed by atoms with Gasteiger partial charge < -0.3 is 9.88 Å². The summed E-state index contributed by atoms with van der Waals surface area (Å²) in [5.41, 5.74) is 0.968. The maximum atomic E-state index is 12.1. The molecule has 0 saturated heterocycles. The topological polar surface area (TPSA) is 63.1 Å². The molecule has 0 bridgehead atoms. The largest absolute Gasteiger partial charge is 0.352 e. The molecule has 0 spiro atoms. The van der Waals surface area contributed by atoms with Crippen molar-refractivity contribution in [2.24, 2.45) is 7.05 Å². The predicted molar refractivity (Wildman–Crippen MR) is 77.5 cm³/mol. The van der Waals surface area contributed by atoms with Crippen LogP contribution in [0.1, 0.15) is 38.8 Å². The lowest BCUT2D eigenvalue weighted by atomic mass is 10.3. The molecule has 0 aliphatic rings. The highest BCUT2D eigenvalue weighted by atomic mass is 32.2. The van der Waals surface area contributed by atoms with Gasteiger partial charge in [-0.05, 0) is 19.0 Å². The van der Waals surface area contributed by atoms with E-state index in [9.17, 15) is 8.42 Å². The summed E-state index contributed by atoms with van der Waals surface area (Å²) < 4.78 is 28.7. The molecule has 0 aliphatic carbocycles. The van der Waals surface area contributed by atoms with E-state index in [1.807, 2.05) is 18.5 Å². The summed E-state index contributed by atoms with van der Waals surface area (Å²) in [5, 5.41) is 3.19. The molecule has 0 amide bonds. The van der Waals surface area contributed by atoms with Crippen molar-refractivity contribution in [3.63, 3.8) is 0 Å². The first-order valence-corrected chi connectivity index (χ1v) is 8.35. The molecular formula is C13H25N3O2S. The summed E-state index contributed by atoms with van der Waals surface area (Å²) in [6.07, 6.45) is 4.67. The lowest BCUT2D eigenvalue weighted by Gasteiger charge is -2.03. The average Bonchev–Trinajstić information content (AvgIpc) is 2.74. The molecule has 1 aromatic heterocycles. The SMILES string of the molecule is CCCCCNS(=O)(=O)c1cc(CNCC)n(C)c1. The van der Waals surface area contributed by atoms with Gasteiger partial charge in [-0.2, -0.15) is 0 Å². The number of unbranched alkanes of at least 4 members (excludes halogenated alkanes) is 2. The Morgan fingerprint density at radius 2 is 2.00 bits per heavy atom. The monoisotopic (exact) mass is 287 g/mol. The lowest BCUT2D eigenvalue weighted by Crippen LogP contribution is -2.24. The van der Waals surface area contributed by atoms with Crippen LogP contribution in [0.3, 0.4) is 0 Å². The van der Waals surface area contributed by atoms with E-state index in [1.165, 1.54) is 0 Å². The number of aryl methyl sites for hydroxylation is 1. The first-order chi connectivity index (χ1) is 9.01. The van der Waals surface area contributed by atoms with Gasteiger partial charge in [0.1, 0.15) is 0 Å². The number of hydrogen-bond acceptors (Lipinski definition) is 3. The van der Waals surface area contributed by atoms with Crippen molar-refractivity contribution < 1.29 is 8.42 Å². The Balaban J connectivity index is 2.67. The van der Waals surface area contributed by atoms with Crippen LogP contribution in [0.2, 0.25) is 0 Å². The van der Waals surface area contributed by atoms with Crippen molar-refractivity contribution in [1.82, 2.24) is 14.6 Å². The van der Waals surface area contributed by atoms with Gasteiger partial charge in [-0.15, -0.1) is 0 Å². The van der Waals surface area contributed by atoms with Gasteiger partial charge in [-0.1, -0.05) is 26.7 Å². The number of nitrogens with one attached hydrogen (secondary N) is 2. The molecule has 110 valence electrons. The highest BCUT2D eigenvalue weighted by molar-refractivity contribution is 7.89. The third-order valence-electron chi connectivity index (χ3n) is 3.02. The van der Waals surface area contributed by atoms with E-state index in [0.29, 0.717) is 18.0 Å². The number of rotatable bonds is 9. The highest BCUT2D eigenvalue weighted by Gasteiger charge is 2.16. The van der Waals surface area contributed by atoms with Crippen LogP contribution in [-0.2, 0) is 23.6 Å². The van der Waals surface area contributed by atoms with E-state index < -0.39 is 10.0 Å². The van der Waals surface area contributed by atoms with E-state index in [4.69, 9.17) is 0 Å². The van der Waals surface area contributed by atoms with Crippen LogP contribution < -0.4 is 10.0 Å². The molecule has 1 aromatic rings. The average molecular weight is 287 g/mol. The van der Waals surface area contributed by atoms with E-state index in [2.05, 4.69) is 17.0 Å². The van der Waals surface area contributed by atoms with E-state index in [-0.39, 0.29) is 0 Å². The highest BCUT2D eigenvalue weighted by Crippen LogP contribution is 2.13. The van der Waals surface area contributed by atoms with Crippen LogP contribution in [0, 0.1) is 0 Å². The Kier molecular flexibility index (Phi) is 6.54. The third-order valence-corrected chi connectivity index (χ3v) is 4.45. The van der Waals surface area contributed by atoms with Gasteiger partial charge >= 0.3 is 0 Å². The fourth-order valence-electron chi connectivity index (χ4n) is 1.82. The number of nitrogens with zero attached hydrogens (tertiary/aromatic N) is 1. The van der Waals surface area contributed by atoms with Gasteiger partial charge in [0.15, 0.2) is 0 Å². The van der Waals surface area contributed by atoms with Crippen LogP contribution in [0.25, 0.3) is 0 Å². The summed E-state index contributed by atoms with van der Waals surface area (Å²) in [6.45, 7) is 6.17. The Bertz CT molecular complexity index is 480. The summed E-state index contributed by atoms with van der Waals surface area (Å²) in [4.78, 5) is 0.347. The van der Waals surface area contributed by atoms with Crippen LogP contribution >= 0.6 is 0 Å². The van der Waals surface area contributed by atoms with Crippen LogP contribution in [0.4, 0.5) is 0 Å². The minimum atomic E-state index is -3.37. The van der Waals surface area contributed by atoms with Crippen molar-refractivity contribution in [2.45, 2.75) is 44.6 Å². The Labute approximate surface area is 116 Å². The second-order valence-corrected chi connectivity index (χ2v) is 6.43. The molecule has 0 aromatic carbocycles. The third kappa shape index (κ3) is 4.97. The van der Waals surface area contributed by atoms with E-state index in [1.54, 1.807) is 12.3 Å². The minimum Gasteiger partial charge on any atom is -0.352 e. The van der Waals surface area contributed by atoms with Crippen molar-refractivity contribution in [3.8, 4) is 0 Å². The Morgan fingerprint density at radius 3 is 2.63 bits per heavy atom. The van der Waals surface area contributed by atoms with Gasteiger partial charge in [-0.25, -0.2) is 13.1 Å². The zero-order valence-electron chi connectivity index (χ0n) is 12.1. The van der Waals surface area contributed by atoms with Crippen LogP contribution in [0.5, 0.6) is 0 Å². The number of sulfonamides is 1. The Hall–Kier alpha value is -0.850. The summed E-state index contributed by atoms with van der Waals surface area (Å²) in [7, 11) is -1.50. The molecule has 0 saturated carbocycles. The summed E-state index contributed by atoms with van der Waals surface area (Å²) in [5.74, 6) is 0. The molecule has 0 aliphatic heterocycles. The fraction of sp³-hybridized carbons (Fsp3) is 0.692. The summed E-state index contributed by atoms with van der Waals surface area (Å²) in [6, 6.07) is 1.73. The van der Waals surface area contributed by atoms with Crippen molar-refractivity contribution in [1.29, 1.82) is 0 Å². The first kappa shape index (κ1) is 16.2. The van der Waals surface area contributed by atoms with E-state index in [0.717, 1.165) is 31.5 Å². The van der Waals surface area contributed by atoms with Gasteiger partial charge in [0.25, 0.3) is 0 Å². The standard InChI is InChI=1S/C13H25N3O2S/c1-4-6-7-8-15-19(17,18)13-9-12(10-14-5-2)16(3)11-13/h9,11,14-15H,4-8,10H2,1-3H3. The zero-order valence-corrected chi connectivity index (χ0v) is 12.9. The van der Waals surface area contributed by atoms with Gasteiger partial charge in [-0.3, -0.25) is 0 Å². The second-order valence-electron chi connectivity index (χ2n) is 4.66. The maximum Gasteiger partial charge on any atom is 0.242 e. The van der Waals surface area contributed by atoms with Gasteiger partial charge in [0.05, 0.1) is 4.90 Å². The molecule has 1 rings (SSSR count). The smallest absolute Gasteiger partial charge is 0.242 e. The number of hydrogen-bond donors (Lipinski definition) is 2. The molecule has 6 heteroatoms. The van der Waals surface area contributed by atoms with Gasteiger partial charge in [0, 0.05) is 32.0 Å². The second kappa shape index (κ2) is 7.67. The zero-order chi connectivity index (χ0) is 14.3. The Morgan fingerprint density at radius 1 is 1.26 bits per heavy atom. The normalized spacial score (nSPS) is 11.9. The van der Waals surface area contributed by atoms with Crippen molar-refractivity contribution in [3.05, 3.63) is 18.0 Å². The van der Waals surface area contributed by atoms with Crippen molar-refractivity contribution in [2.75, 3.05) is 13.1 Å². The van der Waals surface area contributed by atoms with Gasteiger partial charge in [0.2, 0.25) is 10.0 Å². The predicted octanol–water partition coefficient (Wildman–Crippen LogP) is 1.60. The molecule has 0 fully saturated rings. The molecule has 19 heavy (non-hydrogen) atoms. The van der Waals surface area contributed by atoms with Crippen LogP contribution in [-0.4, -0.2) is 26.1 Å². The van der Waals surface area contributed by atoms with Crippen LogP contribution in [0.15, 0.2) is 17.2 Å². The molecular weight excluding hydrogens is 262 g/mol. The summed E-state index contributed by atoms with van der Waals surface area (Å²) >= 11 is 0. The molecule has 2 N–H and O–H groups in total. The fourth-order valence-corrected chi connectivity index (χ4v) is 2.99. The molecule has 1 heterocycles. The maximum absolute atomic E-state index is 12.1. The molecule has 0 atom stereocenters. The quantitative estimate of drug-likeness (QED) is 0.678. The number of aromatic nitrogens is 1. The molecule has 5 nitrogen and oxygen atoms in total. The first-order valence-electron chi connectivity index (χ1n) is 6.87. The molecule has 0 radical (unpaired) electrons. The van der Waals surface area contributed by atoms with E-state index >= 15 is 0 Å². The van der Waals surface area contributed by atoms with Crippen molar-refractivity contribution >= 4 is 10.0 Å². The lowest BCUT2D eigenvalue weighted by molar-refractivity contribution is 0.576. The minimum absolute atomic E-state index is 0.347.